The molecular formula is C25H28F3N5O3. The molecule has 1 saturated heterocycles. The highest BCUT2D eigenvalue weighted by atomic mass is 19.4. The first-order chi connectivity index (χ1) is 17.0. The van der Waals surface area contributed by atoms with Crippen molar-refractivity contribution in [3.05, 3.63) is 65.9 Å². The summed E-state index contributed by atoms with van der Waals surface area (Å²) in [6.45, 7) is 3.98. The van der Waals surface area contributed by atoms with Crippen molar-refractivity contribution in [2.45, 2.75) is 44.9 Å². The normalized spacial score (nSPS) is 15.8. The average molecular weight is 504 g/mol. The summed E-state index contributed by atoms with van der Waals surface area (Å²) in [6, 6.07) is 16.0. The molecule has 36 heavy (non-hydrogen) atoms. The van der Waals surface area contributed by atoms with E-state index in [0.717, 1.165) is 35.5 Å². The standard InChI is InChI=1S/C23H27N5O.C2HF3O2/c1-17-10-11-18(15-21(17)23(29)24-19-7-4-3-5-8-19)22-16-28(26-25-22)14-12-20-9-6-13-27(20)2;3-2(4,5)1(6)7/h3-5,7-8,10-11,15-16,20H,6,9,12-14H2,1-2H3,(H,24,29);(H,6,7). The molecule has 0 saturated carbocycles. The van der Waals surface area contributed by atoms with E-state index in [1.54, 1.807) is 0 Å². The third-order valence-corrected chi connectivity index (χ3v) is 5.95. The summed E-state index contributed by atoms with van der Waals surface area (Å²) >= 11 is 0. The molecule has 2 N–H and O–H groups in total. The van der Waals surface area contributed by atoms with E-state index < -0.39 is 12.1 Å². The van der Waals surface area contributed by atoms with Crippen LogP contribution in [-0.4, -0.2) is 62.7 Å². The van der Waals surface area contributed by atoms with Gasteiger partial charge in [-0.3, -0.25) is 9.48 Å². The van der Waals surface area contributed by atoms with Crippen LogP contribution in [0.25, 0.3) is 11.3 Å². The Hall–Kier alpha value is -3.73. The second-order valence-corrected chi connectivity index (χ2v) is 8.58. The van der Waals surface area contributed by atoms with Crippen LogP contribution < -0.4 is 5.32 Å². The van der Waals surface area contributed by atoms with E-state index >= 15 is 0 Å². The number of benzene rings is 2. The van der Waals surface area contributed by atoms with Crippen molar-refractivity contribution in [3.63, 3.8) is 0 Å². The largest absolute Gasteiger partial charge is 0.490 e. The molecule has 3 aromatic rings. The van der Waals surface area contributed by atoms with E-state index in [-0.39, 0.29) is 5.91 Å². The molecule has 192 valence electrons. The van der Waals surface area contributed by atoms with Crippen LogP contribution in [0.2, 0.25) is 0 Å². The number of nitrogens with zero attached hydrogens (tertiary/aromatic N) is 4. The van der Waals surface area contributed by atoms with Gasteiger partial charge in [0.05, 0.1) is 6.20 Å². The minimum Gasteiger partial charge on any atom is -0.475 e. The monoisotopic (exact) mass is 503 g/mol. The molecule has 2 aromatic carbocycles. The van der Waals surface area contributed by atoms with Crippen LogP contribution >= 0.6 is 0 Å². The minimum atomic E-state index is -5.08. The van der Waals surface area contributed by atoms with Gasteiger partial charge in [0.15, 0.2) is 0 Å². The van der Waals surface area contributed by atoms with Crippen molar-refractivity contribution in [2.75, 3.05) is 18.9 Å². The summed E-state index contributed by atoms with van der Waals surface area (Å²) in [4.78, 5) is 24.1. The van der Waals surface area contributed by atoms with Gasteiger partial charge in [-0.2, -0.15) is 13.2 Å². The Morgan fingerprint density at radius 2 is 1.86 bits per heavy atom. The van der Waals surface area contributed by atoms with E-state index in [1.165, 1.54) is 19.4 Å². The van der Waals surface area contributed by atoms with Crippen LogP contribution in [0, 0.1) is 6.92 Å². The quantitative estimate of drug-likeness (QED) is 0.509. The number of alkyl halides is 3. The van der Waals surface area contributed by atoms with Crippen molar-refractivity contribution >= 4 is 17.6 Å². The molecule has 0 spiro atoms. The number of para-hydroxylation sites is 1. The molecule has 1 aliphatic rings. The number of carboxylic acid groups (broad SMARTS) is 1. The second kappa shape index (κ2) is 11.8. The lowest BCUT2D eigenvalue weighted by Gasteiger charge is -2.18. The number of aromatic nitrogens is 3. The number of nitrogens with one attached hydrogen (secondary N) is 1. The molecule has 1 atom stereocenters. The van der Waals surface area contributed by atoms with Gasteiger partial charge in [0.2, 0.25) is 0 Å². The van der Waals surface area contributed by atoms with Gasteiger partial charge >= 0.3 is 12.1 Å². The van der Waals surface area contributed by atoms with Gasteiger partial charge in [-0.1, -0.05) is 35.5 Å². The van der Waals surface area contributed by atoms with Crippen molar-refractivity contribution in [1.29, 1.82) is 0 Å². The number of likely N-dealkylation sites (tertiary alicyclic amines) is 1. The zero-order valence-electron chi connectivity index (χ0n) is 20.0. The maximum Gasteiger partial charge on any atom is 0.490 e. The second-order valence-electron chi connectivity index (χ2n) is 8.58. The van der Waals surface area contributed by atoms with E-state index in [2.05, 4.69) is 27.6 Å². The van der Waals surface area contributed by atoms with E-state index in [4.69, 9.17) is 9.90 Å². The third kappa shape index (κ3) is 7.38. The molecule has 1 aromatic heterocycles. The molecule has 1 unspecified atom stereocenters. The number of amides is 1. The maximum atomic E-state index is 12.7. The summed E-state index contributed by atoms with van der Waals surface area (Å²) in [6.07, 6.45) is 0.507. The number of aliphatic carboxylic acids is 1. The summed E-state index contributed by atoms with van der Waals surface area (Å²) in [5.74, 6) is -2.88. The molecular weight excluding hydrogens is 475 g/mol. The van der Waals surface area contributed by atoms with Gasteiger partial charge in [0.1, 0.15) is 5.69 Å². The summed E-state index contributed by atoms with van der Waals surface area (Å²) in [7, 11) is 2.19. The minimum absolute atomic E-state index is 0.118. The molecule has 0 aliphatic carbocycles. The van der Waals surface area contributed by atoms with Crippen LogP contribution in [-0.2, 0) is 11.3 Å². The molecule has 11 heteroatoms. The SMILES string of the molecule is Cc1ccc(-c2cn(CCC3CCCN3C)nn2)cc1C(=O)Nc1ccccc1.O=C(O)C(F)(F)F. The smallest absolute Gasteiger partial charge is 0.475 e. The highest BCUT2D eigenvalue weighted by Crippen LogP contribution is 2.23. The van der Waals surface area contributed by atoms with Crippen molar-refractivity contribution in [3.8, 4) is 11.3 Å². The van der Waals surface area contributed by atoms with Crippen LogP contribution in [0.3, 0.4) is 0 Å². The molecule has 1 amide bonds. The van der Waals surface area contributed by atoms with Gasteiger partial charge in [0.25, 0.3) is 5.91 Å². The third-order valence-electron chi connectivity index (χ3n) is 5.95. The number of hydrogen-bond donors (Lipinski definition) is 2. The van der Waals surface area contributed by atoms with Crippen LogP contribution in [0.1, 0.15) is 35.2 Å². The van der Waals surface area contributed by atoms with Crippen molar-refractivity contribution in [2.24, 2.45) is 0 Å². The van der Waals surface area contributed by atoms with Gasteiger partial charge in [-0.05, 0) is 63.5 Å². The fourth-order valence-corrected chi connectivity index (χ4v) is 3.91. The molecule has 4 rings (SSSR count). The fourth-order valence-electron chi connectivity index (χ4n) is 3.91. The molecule has 1 fully saturated rings. The summed E-state index contributed by atoms with van der Waals surface area (Å²) in [5.41, 5.74) is 4.05. The fraction of sp³-hybridized carbons (Fsp3) is 0.360. The van der Waals surface area contributed by atoms with E-state index in [9.17, 15) is 18.0 Å². The Morgan fingerprint density at radius 3 is 2.47 bits per heavy atom. The average Bonchev–Trinajstić information content (AvgIpc) is 3.47. The van der Waals surface area contributed by atoms with Crippen molar-refractivity contribution < 1.29 is 27.9 Å². The van der Waals surface area contributed by atoms with Crippen molar-refractivity contribution in [1.82, 2.24) is 19.9 Å². The van der Waals surface area contributed by atoms with Gasteiger partial charge < -0.3 is 15.3 Å². The Morgan fingerprint density at radius 1 is 1.17 bits per heavy atom. The van der Waals surface area contributed by atoms with Crippen LogP contribution in [0.4, 0.5) is 18.9 Å². The molecule has 0 bridgehead atoms. The number of rotatable bonds is 6. The number of halogens is 3. The lowest BCUT2D eigenvalue weighted by atomic mass is 10.0. The van der Waals surface area contributed by atoms with Gasteiger partial charge in [-0.15, -0.1) is 5.10 Å². The molecule has 1 aliphatic heterocycles. The number of anilines is 1. The zero-order chi connectivity index (χ0) is 26.3. The first kappa shape index (κ1) is 26.9. The Balaban J connectivity index is 0.000000454. The number of carboxylic acids is 1. The summed E-state index contributed by atoms with van der Waals surface area (Å²) in [5, 5.41) is 18.7. The Labute approximate surface area is 206 Å². The molecule has 2 heterocycles. The van der Waals surface area contributed by atoms with Gasteiger partial charge in [-0.25, -0.2) is 4.79 Å². The first-order valence-corrected chi connectivity index (χ1v) is 11.4. The number of carbonyl (C=O) groups excluding carboxylic acids is 1. The maximum absolute atomic E-state index is 12.7. The zero-order valence-corrected chi connectivity index (χ0v) is 20.0. The number of aryl methyl sites for hydroxylation is 2. The molecule has 0 radical (unpaired) electrons. The predicted octanol–water partition coefficient (Wildman–Crippen LogP) is 4.62. The predicted molar refractivity (Wildman–Crippen MR) is 129 cm³/mol. The summed E-state index contributed by atoms with van der Waals surface area (Å²) < 4.78 is 33.6. The lowest BCUT2D eigenvalue weighted by Crippen LogP contribution is -2.26. The number of hydrogen-bond acceptors (Lipinski definition) is 5. The highest BCUT2D eigenvalue weighted by Gasteiger charge is 2.38. The van der Waals surface area contributed by atoms with E-state index in [0.29, 0.717) is 11.6 Å². The molecule has 8 nitrogen and oxygen atoms in total. The Bertz CT molecular complexity index is 1180. The highest BCUT2D eigenvalue weighted by molar-refractivity contribution is 6.05. The topological polar surface area (TPSA) is 100 Å². The van der Waals surface area contributed by atoms with Crippen LogP contribution in [0.15, 0.2) is 54.7 Å². The lowest BCUT2D eigenvalue weighted by molar-refractivity contribution is -0.192. The van der Waals surface area contributed by atoms with E-state index in [1.807, 2.05) is 66.3 Å². The first-order valence-electron chi connectivity index (χ1n) is 11.4. The van der Waals surface area contributed by atoms with Crippen LogP contribution in [0.5, 0.6) is 0 Å². The number of carbonyl (C=O) groups is 2. The van der Waals surface area contributed by atoms with Gasteiger partial charge in [0, 0.05) is 29.4 Å². The Kier molecular flexibility index (Phi) is 8.81.